The van der Waals surface area contributed by atoms with Crippen molar-refractivity contribution in [1.29, 1.82) is 0 Å². The summed E-state index contributed by atoms with van der Waals surface area (Å²) in [6, 6.07) is -0.689. The van der Waals surface area contributed by atoms with Gasteiger partial charge in [-0.25, -0.2) is 0 Å². The van der Waals surface area contributed by atoms with Crippen LogP contribution >= 0.6 is 0 Å². The molecule has 0 fully saturated rings. The molecule has 0 aromatic heterocycles. The van der Waals surface area contributed by atoms with E-state index in [-0.39, 0.29) is 36.7 Å². The lowest BCUT2D eigenvalue weighted by atomic mass is 9.97. The largest absolute Gasteiger partial charge is 0.396 e. The first-order valence-corrected chi connectivity index (χ1v) is 6.51. The van der Waals surface area contributed by atoms with E-state index in [1.165, 1.54) is 6.92 Å². The second-order valence-electron chi connectivity index (χ2n) is 4.88. The number of rotatable bonds is 8. The summed E-state index contributed by atoms with van der Waals surface area (Å²) in [5, 5.41) is 14.0. The number of carbonyl (C=O) groups is 3. The van der Waals surface area contributed by atoms with E-state index in [4.69, 9.17) is 5.11 Å². The Balaban J connectivity index is 4.67. The van der Waals surface area contributed by atoms with Gasteiger partial charge in [-0.05, 0) is 12.8 Å². The molecule has 0 saturated heterocycles. The lowest BCUT2D eigenvalue weighted by molar-refractivity contribution is -0.133. The summed E-state index contributed by atoms with van der Waals surface area (Å²) in [4.78, 5) is 34.5. The van der Waals surface area contributed by atoms with E-state index >= 15 is 0 Å². The van der Waals surface area contributed by atoms with Crippen LogP contribution in [0.2, 0.25) is 0 Å². The molecule has 0 aliphatic carbocycles. The van der Waals surface area contributed by atoms with Crippen molar-refractivity contribution in [3.8, 4) is 0 Å². The molecule has 0 aliphatic rings. The number of carbonyl (C=O) groups excluding carboxylic acids is 3. The highest BCUT2D eigenvalue weighted by Crippen LogP contribution is 2.09. The minimum absolute atomic E-state index is 0.0445. The lowest BCUT2D eigenvalue weighted by Crippen LogP contribution is -2.52. The van der Waals surface area contributed by atoms with E-state index in [1.807, 2.05) is 13.8 Å². The minimum Gasteiger partial charge on any atom is -0.396 e. The summed E-state index contributed by atoms with van der Waals surface area (Å²) in [5.74, 6) is -1.51. The van der Waals surface area contributed by atoms with Gasteiger partial charge in [-0.2, -0.15) is 0 Å². The lowest BCUT2D eigenvalue weighted by Gasteiger charge is -2.24. The third-order valence-electron chi connectivity index (χ3n) is 3.03. The molecule has 110 valence electrons. The van der Waals surface area contributed by atoms with Crippen LogP contribution in [0.1, 0.15) is 34.1 Å². The van der Waals surface area contributed by atoms with Gasteiger partial charge in [-0.3, -0.25) is 14.4 Å². The van der Waals surface area contributed by atoms with Crippen LogP contribution in [0, 0.1) is 11.8 Å². The van der Waals surface area contributed by atoms with Crippen molar-refractivity contribution in [2.24, 2.45) is 11.8 Å². The van der Waals surface area contributed by atoms with Gasteiger partial charge in [0.15, 0.2) is 0 Å². The monoisotopic (exact) mass is 272 g/mol. The van der Waals surface area contributed by atoms with E-state index in [9.17, 15) is 14.4 Å². The molecule has 3 N–H and O–H groups in total. The zero-order valence-electron chi connectivity index (χ0n) is 12.0. The molecule has 6 nitrogen and oxygen atoms in total. The van der Waals surface area contributed by atoms with E-state index in [0.717, 1.165) is 0 Å². The summed E-state index contributed by atoms with van der Waals surface area (Å²) < 4.78 is 0. The molecular formula is C13H24N2O4. The number of hydrogen-bond acceptors (Lipinski definition) is 4. The third-order valence-corrected chi connectivity index (χ3v) is 3.03. The quantitative estimate of drug-likeness (QED) is 0.572. The Morgan fingerprint density at radius 1 is 1.16 bits per heavy atom. The molecule has 0 aliphatic heterocycles. The molecule has 0 radical (unpaired) electrons. The highest BCUT2D eigenvalue weighted by atomic mass is 16.3. The van der Waals surface area contributed by atoms with Crippen LogP contribution in [0.5, 0.6) is 0 Å². The standard InChI is InChI=1S/C13H24N2O4/c1-5-8(2)11(13(19)14-6-10(4)17)15-12(18)9(3)7-16/h8-9,11,16H,5-7H2,1-4H3,(H,14,19)(H,15,18)/t8-,9-,11-/m0/s1. The van der Waals surface area contributed by atoms with Gasteiger partial charge in [-0.1, -0.05) is 27.2 Å². The van der Waals surface area contributed by atoms with Crippen LogP contribution in [0.4, 0.5) is 0 Å². The minimum atomic E-state index is -0.689. The van der Waals surface area contributed by atoms with Crippen LogP contribution < -0.4 is 10.6 Å². The fourth-order valence-corrected chi connectivity index (χ4v) is 1.40. The summed E-state index contributed by atoms with van der Waals surface area (Å²) in [5.41, 5.74) is 0. The van der Waals surface area contributed by atoms with Gasteiger partial charge in [0, 0.05) is 0 Å². The van der Waals surface area contributed by atoms with Crippen molar-refractivity contribution in [2.45, 2.75) is 40.2 Å². The maximum Gasteiger partial charge on any atom is 0.243 e. The van der Waals surface area contributed by atoms with Crippen molar-refractivity contribution in [2.75, 3.05) is 13.2 Å². The SMILES string of the molecule is CC[C@H](C)[C@H](NC(=O)[C@@H](C)CO)C(=O)NCC(C)=O. The van der Waals surface area contributed by atoms with Crippen LogP contribution in [0.15, 0.2) is 0 Å². The molecule has 0 unspecified atom stereocenters. The normalized spacial score (nSPS) is 15.2. The maximum absolute atomic E-state index is 12.0. The number of Topliss-reactive ketones (excluding diaryl/α,β-unsaturated/α-hetero) is 1. The molecule has 0 bridgehead atoms. The van der Waals surface area contributed by atoms with Crippen molar-refractivity contribution in [3.05, 3.63) is 0 Å². The summed E-state index contributed by atoms with van der Waals surface area (Å²) in [6.45, 7) is 6.41. The van der Waals surface area contributed by atoms with Gasteiger partial charge in [-0.15, -0.1) is 0 Å². The Morgan fingerprint density at radius 3 is 2.16 bits per heavy atom. The van der Waals surface area contributed by atoms with Crippen molar-refractivity contribution < 1.29 is 19.5 Å². The van der Waals surface area contributed by atoms with E-state index in [1.54, 1.807) is 6.92 Å². The van der Waals surface area contributed by atoms with Crippen LogP contribution in [0.25, 0.3) is 0 Å². The van der Waals surface area contributed by atoms with Crippen molar-refractivity contribution in [1.82, 2.24) is 10.6 Å². The second kappa shape index (κ2) is 8.63. The van der Waals surface area contributed by atoms with Gasteiger partial charge >= 0.3 is 0 Å². The van der Waals surface area contributed by atoms with Gasteiger partial charge in [0.05, 0.1) is 19.1 Å². The Hall–Kier alpha value is -1.43. The number of aliphatic hydroxyl groups excluding tert-OH is 1. The number of ketones is 1. The van der Waals surface area contributed by atoms with Crippen molar-refractivity contribution >= 4 is 17.6 Å². The molecule has 0 rings (SSSR count). The second-order valence-corrected chi connectivity index (χ2v) is 4.88. The first-order valence-electron chi connectivity index (χ1n) is 6.51. The van der Waals surface area contributed by atoms with Gasteiger partial charge < -0.3 is 15.7 Å². The molecule has 0 heterocycles. The Bertz CT molecular complexity index is 331. The summed E-state index contributed by atoms with van der Waals surface area (Å²) in [7, 11) is 0. The molecule has 0 aromatic rings. The molecule has 6 heteroatoms. The molecule has 0 aromatic carbocycles. The molecular weight excluding hydrogens is 248 g/mol. The molecule has 3 atom stereocenters. The number of hydrogen-bond donors (Lipinski definition) is 3. The van der Waals surface area contributed by atoms with E-state index < -0.39 is 12.0 Å². The molecule has 0 spiro atoms. The first kappa shape index (κ1) is 17.6. The molecule has 0 saturated carbocycles. The highest BCUT2D eigenvalue weighted by Gasteiger charge is 2.27. The zero-order chi connectivity index (χ0) is 15.0. The topological polar surface area (TPSA) is 95.5 Å². The Labute approximate surface area is 113 Å². The van der Waals surface area contributed by atoms with Crippen LogP contribution in [0.3, 0.4) is 0 Å². The number of amides is 2. The fourth-order valence-electron chi connectivity index (χ4n) is 1.40. The molecule has 2 amide bonds. The van der Waals surface area contributed by atoms with Crippen molar-refractivity contribution in [3.63, 3.8) is 0 Å². The molecule has 19 heavy (non-hydrogen) atoms. The average Bonchev–Trinajstić information content (AvgIpc) is 2.39. The summed E-state index contributed by atoms with van der Waals surface area (Å²) >= 11 is 0. The Kier molecular flexibility index (Phi) is 7.98. The third kappa shape index (κ3) is 6.33. The van der Waals surface area contributed by atoms with Gasteiger partial charge in [0.25, 0.3) is 0 Å². The maximum atomic E-state index is 12.0. The van der Waals surface area contributed by atoms with Gasteiger partial charge in [0.1, 0.15) is 11.8 Å². The van der Waals surface area contributed by atoms with E-state index in [2.05, 4.69) is 10.6 Å². The smallest absolute Gasteiger partial charge is 0.243 e. The van der Waals surface area contributed by atoms with Gasteiger partial charge in [0.2, 0.25) is 11.8 Å². The average molecular weight is 272 g/mol. The fraction of sp³-hybridized carbons (Fsp3) is 0.769. The number of nitrogens with one attached hydrogen (secondary N) is 2. The zero-order valence-corrected chi connectivity index (χ0v) is 12.0. The first-order chi connectivity index (χ1) is 8.83. The number of aliphatic hydroxyl groups is 1. The predicted octanol–water partition coefficient (Wildman–Crippen LogP) is -0.149. The van der Waals surface area contributed by atoms with Crippen LogP contribution in [-0.4, -0.2) is 41.9 Å². The van der Waals surface area contributed by atoms with E-state index in [0.29, 0.717) is 6.42 Å². The highest BCUT2D eigenvalue weighted by molar-refractivity contribution is 5.91. The van der Waals surface area contributed by atoms with Crippen LogP contribution in [-0.2, 0) is 14.4 Å². The Morgan fingerprint density at radius 2 is 1.74 bits per heavy atom. The summed E-state index contributed by atoms with van der Waals surface area (Å²) in [6.07, 6.45) is 0.714. The predicted molar refractivity (Wildman–Crippen MR) is 71.3 cm³/mol.